The first-order valence-electron chi connectivity index (χ1n) is 4.88. The Morgan fingerprint density at radius 2 is 2.00 bits per heavy atom. The van der Waals surface area contributed by atoms with Crippen molar-refractivity contribution in [2.75, 3.05) is 13.1 Å². The van der Waals surface area contributed by atoms with Gasteiger partial charge in [-0.05, 0) is 19.8 Å². The van der Waals surface area contributed by atoms with Crippen LogP contribution in [-0.2, 0) is 9.59 Å². The Kier molecular flexibility index (Phi) is 3.62. The van der Waals surface area contributed by atoms with Crippen molar-refractivity contribution in [2.45, 2.75) is 19.8 Å². The molecule has 1 aliphatic carbocycles. The van der Waals surface area contributed by atoms with Gasteiger partial charge in [-0.3, -0.25) is 9.59 Å². The van der Waals surface area contributed by atoms with Crippen LogP contribution in [0.4, 0.5) is 0 Å². The van der Waals surface area contributed by atoms with Crippen LogP contribution in [-0.4, -0.2) is 29.9 Å². The fourth-order valence-corrected chi connectivity index (χ4v) is 1.60. The van der Waals surface area contributed by atoms with Gasteiger partial charge in [-0.1, -0.05) is 12.2 Å². The molecule has 0 atom stereocenters. The number of hydrogen-bond acceptors (Lipinski definition) is 3. The number of amides is 2. The summed E-state index contributed by atoms with van der Waals surface area (Å²) < 4.78 is 0. The van der Waals surface area contributed by atoms with E-state index in [0.717, 1.165) is 0 Å². The van der Waals surface area contributed by atoms with E-state index in [2.05, 4.69) is 10.6 Å². The lowest BCUT2D eigenvalue weighted by Gasteiger charge is -2.13. The molecule has 2 amide bonds. The molecule has 15 heavy (non-hydrogen) atoms. The van der Waals surface area contributed by atoms with E-state index in [1.54, 1.807) is 0 Å². The molecule has 0 aromatic carbocycles. The van der Waals surface area contributed by atoms with Crippen LogP contribution in [0.3, 0.4) is 0 Å². The highest BCUT2D eigenvalue weighted by Crippen LogP contribution is 2.46. The summed E-state index contributed by atoms with van der Waals surface area (Å²) >= 11 is 4.82. The van der Waals surface area contributed by atoms with Crippen LogP contribution in [0.2, 0.25) is 0 Å². The van der Waals surface area contributed by atoms with Gasteiger partial charge >= 0.3 is 0 Å². The monoisotopic (exact) mass is 229 g/mol. The number of thiocarbonyl (C=S) groups is 1. The predicted molar refractivity (Wildman–Crippen MR) is 60.1 cm³/mol. The molecule has 4 N–H and O–H groups in total. The number of nitrogens with two attached hydrogens (primary N) is 1. The van der Waals surface area contributed by atoms with E-state index in [1.165, 1.54) is 0 Å². The normalized spacial score (nSPS) is 16.6. The molecule has 0 heterocycles. The predicted octanol–water partition coefficient (Wildman–Crippen LogP) is -0.695. The van der Waals surface area contributed by atoms with Crippen LogP contribution in [0.15, 0.2) is 0 Å². The third-order valence-electron chi connectivity index (χ3n) is 2.44. The molecule has 0 spiro atoms. The Balaban J connectivity index is 2.37. The van der Waals surface area contributed by atoms with Crippen molar-refractivity contribution >= 4 is 29.0 Å². The Labute approximate surface area is 93.8 Å². The van der Waals surface area contributed by atoms with Gasteiger partial charge in [0.25, 0.3) is 0 Å². The van der Waals surface area contributed by atoms with Crippen LogP contribution in [0, 0.1) is 5.41 Å². The average molecular weight is 229 g/mol. The maximum absolute atomic E-state index is 11.6. The minimum Gasteiger partial charge on any atom is -0.392 e. The molecular weight excluding hydrogens is 214 g/mol. The second-order valence-corrected chi connectivity index (χ2v) is 4.02. The van der Waals surface area contributed by atoms with Crippen molar-refractivity contribution in [2.24, 2.45) is 11.1 Å². The molecule has 5 nitrogen and oxygen atoms in total. The molecular formula is C9H15N3O2S. The summed E-state index contributed by atoms with van der Waals surface area (Å²) in [6, 6.07) is 0. The fourth-order valence-electron chi connectivity index (χ4n) is 1.30. The van der Waals surface area contributed by atoms with Gasteiger partial charge in [-0.25, -0.2) is 0 Å². The lowest BCUT2D eigenvalue weighted by Crippen LogP contribution is -2.44. The van der Waals surface area contributed by atoms with Crippen molar-refractivity contribution in [1.29, 1.82) is 0 Å². The Hall–Kier alpha value is -1.17. The lowest BCUT2D eigenvalue weighted by molar-refractivity contribution is -0.127. The smallest absolute Gasteiger partial charge is 0.239 e. The minimum atomic E-state index is -0.679. The van der Waals surface area contributed by atoms with E-state index in [0.29, 0.717) is 19.4 Å². The molecule has 1 saturated carbocycles. The standard InChI is InChI=1S/C9H15N3O2S/c1-2-11-6(13)5-12-8(14)9(3-4-9)7(10)15/h2-5H2,1H3,(H2,10,15)(H,11,13)(H,12,14). The molecule has 0 aromatic heterocycles. The topological polar surface area (TPSA) is 84.2 Å². The molecule has 0 saturated heterocycles. The van der Waals surface area contributed by atoms with Gasteiger partial charge in [0, 0.05) is 6.54 Å². The average Bonchev–Trinajstić information content (AvgIpc) is 2.95. The summed E-state index contributed by atoms with van der Waals surface area (Å²) in [5.41, 5.74) is 4.79. The molecule has 0 unspecified atom stereocenters. The molecule has 1 fully saturated rings. The molecule has 6 heteroatoms. The summed E-state index contributed by atoms with van der Waals surface area (Å²) in [6.07, 6.45) is 1.37. The maximum Gasteiger partial charge on any atom is 0.239 e. The van der Waals surface area contributed by atoms with Crippen molar-refractivity contribution in [3.8, 4) is 0 Å². The molecule has 84 valence electrons. The van der Waals surface area contributed by atoms with Gasteiger partial charge in [0.1, 0.15) is 0 Å². The quantitative estimate of drug-likeness (QED) is 0.545. The SMILES string of the molecule is CCNC(=O)CNC(=O)C1(C(N)=S)CC1. The van der Waals surface area contributed by atoms with Gasteiger partial charge < -0.3 is 16.4 Å². The van der Waals surface area contributed by atoms with E-state index >= 15 is 0 Å². The Morgan fingerprint density at radius 3 is 2.40 bits per heavy atom. The van der Waals surface area contributed by atoms with Crippen LogP contribution < -0.4 is 16.4 Å². The zero-order valence-electron chi connectivity index (χ0n) is 8.63. The second-order valence-electron chi connectivity index (χ2n) is 3.58. The maximum atomic E-state index is 11.6. The zero-order valence-corrected chi connectivity index (χ0v) is 9.45. The third kappa shape index (κ3) is 2.65. The highest BCUT2D eigenvalue weighted by Gasteiger charge is 2.52. The number of hydrogen-bond donors (Lipinski definition) is 3. The van der Waals surface area contributed by atoms with Crippen LogP contribution in [0.5, 0.6) is 0 Å². The van der Waals surface area contributed by atoms with Crippen LogP contribution in [0.25, 0.3) is 0 Å². The number of likely N-dealkylation sites (N-methyl/N-ethyl adjacent to an activating group) is 1. The second kappa shape index (κ2) is 4.57. The third-order valence-corrected chi connectivity index (χ3v) is 2.83. The van der Waals surface area contributed by atoms with Crippen molar-refractivity contribution in [1.82, 2.24) is 10.6 Å². The van der Waals surface area contributed by atoms with Crippen LogP contribution >= 0.6 is 12.2 Å². The fraction of sp³-hybridized carbons (Fsp3) is 0.667. The summed E-state index contributed by atoms with van der Waals surface area (Å²) in [5.74, 6) is -0.439. The molecule has 0 bridgehead atoms. The summed E-state index contributed by atoms with van der Waals surface area (Å²) in [5, 5.41) is 5.12. The molecule has 1 aliphatic rings. The first kappa shape index (κ1) is 11.9. The van der Waals surface area contributed by atoms with Gasteiger partial charge in [0.2, 0.25) is 11.8 Å². The number of nitrogens with one attached hydrogen (secondary N) is 2. The van der Waals surface area contributed by atoms with Crippen molar-refractivity contribution in [3.05, 3.63) is 0 Å². The molecule has 0 radical (unpaired) electrons. The van der Waals surface area contributed by atoms with E-state index in [4.69, 9.17) is 18.0 Å². The van der Waals surface area contributed by atoms with Crippen LogP contribution in [0.1, 0.15) is 19.8 Å². The Morgan fingerprint density at radius 1 is 1.40 bits per heavy atom. The Bertz CT molecular complexity index is 300. The number of carbonyl (C=O) groups excluding carboxylic acids is 2. The van der Waals surface area contributed by atoms with E-state index in [-0.39, 0.29) is 23.3 Å². The number of carbonyl (C=O) groups is 2. The first-order valence-corrected chi connectivity index (χ1v) is 5.28. The summed E-state index contributed by atoms with van der Waals surface area (Å²) in [4.78, 5) is 22.9. The van der Waals surface area contributed by atoms with Gasteiger partial charge in [-0.15, -0.1) is 0 Å². The highest BCUT2D eigenvalue weighted by atomic mass is 32.1. The largest absolute Gasteiger partial charge is 0.392 e. The molecule has 1 rings (SSSR count). The van der Waals surface area contributed by atoms with Gasteiger partial charge in [0.15, 0.2) is 0 Å². The van der Waals surface area contributed by atoms with Crippen molar-refractivity contribution < 1.29 is 9.59 Å². The van der Waals surface area contributed by atoms with Crippen molar-refractivity contribution in [3.63, 3.8) is 0 Å². The number of rotatable bonds is 5. The van der Waals surface area contributed by atoms with Gasteiger partial charge in [0.05, 0.1) is 16.9 Å². The lowest BCUT2D eigenvalue weighted by atomic mass is 10.1. The first-order chi connectivity index (χ1) is 7.03. The van der Waals surface area contributed by atoms with E-state index in [9.17, 15) is 9.59 Å². The summed E-state index contributed by atoms with van der Waals surface area (Å²) in [6.45, 7) is 2.35. The highest BCUT2D eigenvalue weighted by molar-refractivity contribution is 7.80. The molecule has 0 aliphatic heterocycles. The molecule has 0 aromatic rings. The van der Waals surface area contributed by atoms with Gasteiger partial charge in [-0.2, -0.15) is 0 Å². The zero-order chi connectivity index (χ0) is 11.5. The van der Waals surface area contributed by atoms with E-state index in [1.807, 2.05) is 6.92 Å². The van der Waals surface area contributed by atoms with E-state index < -0.39 is 5.41 Å². The summed E-state index contributed by atoms with van der Waals surface area (Å²) in [7, 11) is 0. The minimum absolute atomic E-state index is 0.0168.